The summed E-state index contributed by atoms with van der Waals surface area (Å²) in [7, 11) is -3.25. The normalized spacial score (nSPS) is 11.8. The Labute approximate surface area is 174 Å². The Morgan fingerprint density at radius 1 is 1.11 bits per heavy atom. The van der Waals surface area contributed by atoms with Crippen LogP contribution in [-0.2, 0) is 16.4 Å². The molecule has 0 amide bonds. The molecule has 4 rings (SSSR count). The first-order valence-electron chi connectivity index (χ1n) is 7.91. The Morgan fingerprint density at radius 3 is 2.57 bits per heavy atom. The third kappa shape index (κ3) is 3.70. The Bertz CT molecular complexity index is 1270. The van der Waals surface area contributed by atoms with E-state index < -0.39 is 9.84 Å². The Balaban J connectivity index is 1.57. The van der Waals surface area contributed by atoms with Gasteiger partial charge in [-0.2, -0.15) is 9.61 Å². The smallest absolute Gasteiger partial charge is 0.235 e. The van der Waals surface area contributed by atoms with Crippen molar-refractivity contribution < 1.29 is 13.2 Å². The van der Waals surface area contributed by atoms with E-state index in [0.717, 1.165) is 6.26 Å². The molecule has 2 aromatic heterocycles. The Morgan fingerprint density at radius 2 is 1.86 bits per heavy atom. The van der Waals surface area contributed by atoms with Crippen molar-refractivity contribution in [3.05, 3.63) is 58.3 Å². The topological polar surface area (TPSA) is 86.5 Å². The summed E-state index contributed by atoms with van der Waals surface area (Å²) in [5.74, 6) is 1.01. The molecule has 4 aromatic rings. The molecule has 28 heavy (non-hydrogen) atoms. The molecule has 2 aromatic carbocycles. The van der Waals surface area contributed by atoms with E-state index >= 15 is 0 Å². The first-order chi connectivity index (χ1) is 13.3. The summed E-state index contributed by atoms with van der Waals surface area (Å²) >= 11 is 13.7. The zero-order chi connectivity index (χ0) is 19.9. The van der Waals surface area contributed by atoms with Crippen molar-refractivity contribution in [3.63, 3.8) is 0 Å². The lowest BCUT2D eigenvalue weighted by Gasteiger charge is -2.05. The van der Waals surface area contributed by atoms with Gasteiger partial charge in [0.05, 0.1) is 14.9 Å². The minimum atomic E-state index is -3.25. The lowest BCUT2D eigenvalue weighted by molar-refractivity contribution is 0.292. The van der Waals surface area contributed by atoms with Crippen LogP contribution in [-0.4, -0.2) is 34.5 Å². The van der Waals surface area contributed by atoms with Crippen LogP contribution in [0.15, 0.2) is 47.4 Å². The monoisotopic (exact) mass is 454 g/mol. The maximum atomic E-state index is 11.5. The van der Waals surface area contributed by atoms with Gasteiger partial charge in [-0.05, 0) is 30.3 Å². The summed E-state index contributed by atoms with van der Waals surface area (Å²) in [6.45, 7) is 0.117. The minimum absolute atomic E-state index is 0.117. The van der Waals surface area contributed by atoms with Crippen LogP contribution in [0.1, 0.15) is 5.82 Å². The van der Waals surface area contributed by atoms with Gasteiger partial charge in [-0.1, -0.05) is 46.7 Å². The summed E-state index contributed by atoms with van der Waals surface area (Å²) in [6, 6.07) is 11.5. The van der Waals surface area contributed by atoms with Gasteiger partial charge in [-0.25, -0.2) is 8.42 Å². The van der Waals surface area contributed by atoms with E-state index in [0.29, 0.717) is 37.2 Å². The van der Waals surface area contributed by atoms with Crippen LogP contribution in [0.25, 0.3) is 15.5 Å². The van der Waals surface area contributed by atoms with Gasteiger partial charge in [-0.3, -0.25) is 0 Å². The van der Waals surface area contributed by atoms with E-state index in [-0.39, 0.29) is 11.5 Å². The molecule has 0 aliphatic carbocycles. The second kappa shape index (κ2) is 7.32. The molecule has 144 valence electrons. The van der Waals surface area contributed by atoms with Crippen molar-refractivity contribution >= 4 is 49.3 Å². The largest absolute Gasteiger partial charge is 0.486 e. The van der Waals surface area contributed by atoms with Crippen LogP contribution in [0, 0.1) is 0 Å². The first-order valence-corrected chi connectivity index (χ1v) is 11.4. The number of aromatic nitrogens is 4. The second-order valence-corrected chi connectivity index (χ2v) is 9.61. The molecular weight excluding hydrogens is 443 g/mol. The zero-order valence-electron chi connectivity index (χ0n) is 14.3. The van der Waals surface area contributed by atoms with Crippen molar-refractivity contribution in [1.29, 1.82) is 0 Å². The fraction of sp³-hybridized carbons (Fsp3) is 0.118. The van der Waals surface area contributed by atoms with Gasteiger partial charge in [0.2, 0.25) is 4.96 Å². The van der Waals surface area contributed by atoms with E-state index in [1.165, 1.54) is 23.5 Å². The number of fused-ring (bicyclic) bond motifs is 1. The third-order valence-corrected chi connectivity index (χ3v) is 6.74. The molecule has 0 aliphatic rings. The molecule has 0 bridgehead atoms. The molecule has 0 unspecified atom stereocenters. The highest BCUT2D eigenvalue weighted by Gasteiger charge is 2.16. The number of hydrogen-bond acceptors (Lipinski definition) is 7. The maximum Gasteiger partial charge on any atom is 0.235 e. The van der Waals surface area contributed by atoms with E-state index in [2.05, 4.69) is 15.3 Å². The van der Waals surface area contributed by atoms with Gasteiger partial charge < -0.3 is 4.74 Å². The van der Waals surface area contributed by atoms with Crippen molar-refractivity contribution in [2.75, 3.05) is 6.26 Å². The van der Waals surface area contributed by atoms with Crippen molar-refractivity contribution in [2.24, 2.45) is 0 Å². The number of halogens is 2. The second-order valence-electron chi connectivity index (χ2n) is 5.85. The standard InChI is InChI=1S/C17H12Cl2N4O3S2/c1-28(24,25)11-7-5-10(6-8-11)26-9-14-20-21-17-23(14)22-16(27-17)12-3-2-4-13(18)15(12)19/h2-8H,9H2,1H3. The van der Waals surface area contributed by atoms with Crippen molar-refractivity contribution in [1.82, 2.24) is 19.8 Å². The van der Waals surface area contributed by atoms with Gasteiger partial charge in [0.15, 0.2) is 15.7 Å². The minimum Gasteiger partial charge on any atom is -0.486 e. The van der Waals surface area contributed by atoms with Gasteiger partial charge in [-0.15, -0.1) is 10.2 Å². The van der Waals surface area contributed by atoms with E-state index in [1.807, 2.05) is 6.07 Å². The van der Waals surface area contributed by atoms with Gasteiger partial charge in [0.25, 0.3) is 0 Å². The maximum absolute atomic E-state index is 11.5. The van der Waals surface area contributed by atoms with Crippen molar-refractivity contribution in [2.45, 2.75) is 11.5 Å². The fourth-order valence-electron chi connectivity index (χ4n) is 2.46. The van der Waals surface area contributed by atoms with Gasteiger partial charge in [0, 0.05) is 11.8 Å². The summed E-state index contributed by atoms with van der Waals surface area (Å²) < 4.78 is 30.3. The summed E-state index contributed by atoms with van der Waals surface area (Å²) in [5.41, 5.74) is 0.716. The predicted octanol–water partition coefficient (Wildman–Crippen LogP) is 4.14. The third-order valence-electron chi connectivity index (χ3n) is 3.86. The van der Waals surface area contributed by atoms with Crippen LogP contribution >= 0.6 is 34.5 Å². The lowest BCUT2D eigenvalue weighted by Crippen LogP contribution is -2.03. The predicted molar refractivity (Wildman–Crippen MR) is 108 cm³/mol. The average molecular weight is 455 g/mol. The first kappa shape index (κ1) is 19.1. The van der Waals surface area contributed by atoms with Crippen LogP contribution in [0.4, 0.5) is 0 Å². The molecule has 0 N–H and O–H groups in total. The molecule has 0 aliphatic heterocycles. The number of nitrogens with zero attached hydrogens (tertiary/aromatic N) is 4. The van der Waals surface area contributed by atoms with Crippen molar-refractivity contribution in [3.8, 4) is 16.3 Å². The van der Waals surface area contributed by atoms with E-state index in [9.17, 15) is 8.42 Å². The number of sulfone groups is 1. The SMILES string of the molecule is CS(=O)(=O)c1ccc(OCc2nnc3sc(-c4cccc(Cl)c4Cl)nn23)cc1. The Hall–Kier alpha value is -2.20. The molecule has 2 heterocycles. The highest BCUT2D eigenvalue weighted by Crippen LogP contribution is 2.35. The number of hydrogen-bond donors (Lipinski definition) is 0. The quantitative estimate of drug-likeness (QED) is 0.450. The summed E-state index contributed by atoms with van der Waals surface area (Å²) in [4.78, 5) is 0.823. The molecule has 7 nitrogen and oxygen atoms in total. The number of ether oxygens (including phenoxy) is 1. The van der Waals surface area contributed by atoms with Crippen LogP contribution in [0.5, 0.6) is 5.75 Å². The molecular formula is C17H12Cl2N4O3S2. The molecule has 0 fully saturated rings. The fourth-order valence-corrected chi connectivity index (χ4v) is 4.42. The van der Waals surface area contributed by atoms with Gasteiger partial charge >= 0.3 is 0 Å². The van der Waals surface area contributed by atoms with Gasteiger partial charge in [0.1, 0.15) is 17.4 Å². The summed E-state index contributed by atoms with van der Waals surface area (Å²) in [6.07, 6.45) is 1.15. The highest BCUT2D eigenvalue weighted by atomic mass is 35.5. The summed E-state index contributed by atoms with van der Waals surface area (Å²) in [5, 5.41) is 14.2. The lowest BCUT2D eigenvalue weighted by atomic mass is 10.2. The number of rotatable bonds is 5. The average Bonchev–Trinajstić information content (AvgIpc) is 3.23. The molecule has 11 heteroatoms. The van der Waals surface area contributed by atoms with Crippen LogP contribution in [0.2, 0.25) is 10.0 Å². The highest BCUT2D eigenvalue weighted by molar-refractivity contribution is 7.90. The van der Waals surface area contributed by atoms with Crippen LogP contribution in [0.3, 0.4) is 0 Å². The Kier molecular flexibility index (Phi) is 5.00. The molecule has 0 radical (unpaired) electrons. The van der Waals surface area contributed by atoms with Crippen LogP contribution < -0.4 is 4.74 Å². The zero-order valence-corrected chi connectivity index (χ0v) is 17.5. The molecule has 0 saturated carbocycles. The molecule has 0 atom stereocenters. The number of benzene rings is 2. The van der Waals surface area contributed by atoms with E-state index in [4.69, 9.17) is 27.9 Å². The van der Waals surface area contributed by atoms with E-state index in [1.54, 1.807) is 28.8 Å². The molecule has 0 spiro atoms. The molecule has 0 saturated heterocycles.